The van der Waals surface area contributed by atoms with Gasteiger partial charge in [0, 0.05) is 16.4 Å². The first kappa shape index (κ1) is 16.7. The average molecular weight is 350 g/mol. The van der Waals surface area contributed by atoms with Gasteiger partial charge in [0.25, 0.3) is 0 Å². The molecule has 126 valence electrons. The topological polar surface area (TPSA) is 77.2 Å². The third-order valence-corrected chi connectivity index (χ3v) is 4.08. The number of amides is 1. The number of hydrazine groups is 2. The van der Waals surface area contributed by atoms with Gasteiger partial charge in [-0.3, -0.25) is 4.79 Å². The SMILES string of the molecule is Cc1ccc(NC(=O)C2NNNC2Nc2ccc(F)cc2)cc1Cl. The van der Waals surface area contributed by atoms with E-state index in [1.54, 1.807) is 24.3 Å². The smallest absolute Gasteiger partial charge is 0.246 e. The van der Waals surface area contributed by atoms with Crippen LogP contribution < -0.4 is 27.0 Å². The predicted molar refractivity (Wildman–Crippen MR) is 91.8 cm³/mol. The van der Waals surface area contributed by atoms with E-state index in [1.807, 2.05) is 13.0 Å². The van der Waals surface area contributed by atoms with Crippen LogP contribution in [0, 0.1) is 12.7 Å². The summed E-state index contributed by atoms with van der Waals surface area (Å²) in [4.78, 5) is 12.5. The number of nitrogens with one attached hydrogen (secondary N) is 5. The number of halogens is 2. The van der Waals surface area contributed by atoms with Crippen LogP contribution in [-0.4, -0.2) is 18.1 Å². The first-order chi connectivity index (χ1) is 11.5. The standard InChI is InChI=1S/C16H17ClFN5O/c1-9-2-5-12(8-13(9)17)20-16(24)14-15(22-23-21-14)19-11-6-3-10(18)4-7-11/h2-8,14-15,19,21-23H,1H3,(H,20,24). The fourth-order valence-electron chi connectivity index (χ4n) is 2.32. The Morgan fingerprint density at radius 2 is 1.83 bits per heavy atom. The number of carbonyl (C=O) groups is 1. The van der Waals surface area contributed by atoms with Gasteiger partial charge in [-0.1, -0.05) is 17.7 Å². The van der Waals surface area contributed by atoms with Crippen LogP contribution in [0.1, 0.15) is 5.56 Å². The molecule has 1 amide bonds. The van der Waals surface area contributed by atoms with Gasteiger partial charge in [-0.05, 0) is 48.9 Å². The molecule has 1 aliphatic heterocycles. The zero-order valence-corrected chi connectivity index (χ0v) is 13.6. The van der Waals surface area contributed by atoms with E-state index in [4.69, 9.17) is 11.6 Å². The fourth-order valence-corrected chi connectivity index (χ4v) is 2.50. The Hall–Kier alpha value is -2.19. The lowest BCUT2D eigenvalue weighted by molar-refractivity contribution is -0.118. The van der Waals surface area contributed by atoms with E-state index in [0.717, 1.165) is 5.56 Å². The van der Waals surface area contributed by atoms with Crippen molar-refractivity contribution in [2.24, 2.45) is 0 Å². The van der Waals surface area contributed by atoms with Crippen molar-refractivity contribution in [3.63, 3.8) is 0 Å². The molecule has 6 nitrogen and oxygen atoms in total. The van der Waals surface area contributed by atoms with Gasteiger partial charge < -0.3 is 10.6 Å². The van der Waals surface area contributed by atoms with Crippen molar-refractivity contribution in [1.82, 2.24) is 16.4 Å². The Labute approximate surface area is 143 Å². The molecule has 0 aromatic heterocycles. The second-order valence-electron chi connectivity index (χ2n) is 5.47. The fraction of sp³-hybridized carbons (Fsp3) is 0.188. The van der Waals surface area contributed by atoms with Crippen molar-refractivity contribution < 1.29 is 9.18 Å². The first-order valence-electron chi connectivity index (χ1n) is 7.38. The lowest BCUT2D eigenvalue weighted by atomic mass is 10.2. The molecule has 24 heavy (non-hydrogen) atoms. The number of aryl methyl sites for hydroxylation is 1. The largest absolute Gasteiger partial charge is 0.367 e. The van der Waals surface area contributed by atoms with Gasteiger partial charge in [0.05, 0.1) is 0 Å². The number of carbonyl (C=O) groups excluding carboxylic acids is 1. The molecule has 8 heteroatoms. The predicted octanol–water partition coefficient (Wildman–Crippen LogP) is 2.15. The molecule has 2 aromatic rings. The summed E-state index contributed by atoms with van der Waals surface area (Å²) in [5.74, 6) is -0.561. The summed E-state index contributed by atoms with van der Waals surface area (Å²) in [7, 11) is 0. The van der Waals surface area contributed by atoms with Gasteiger partial charge in [-0.2, -0.15) is 5.53 Å². The molecule has 3 rings (SSSR count). The van der Waals surface area contributed by atoms with E-state index in [1.165, 1.54) is 12.1 Å². The van der Waals surface area contributed by atoms with Crippen LogP contribution in [0.5, 0.6) is 0 Å². The molecule has 5 N–H and O–H groups in total. The Balaban J connectivity index is 1.66. The van der Waals surface area contributed by atoms with Gasteiger partial charge in [-0.25, -0.2) is 15.2 Å². The van der Waals surface area contributed by atoms with Crippen molar-refractivity contribution in [2.75, 3.05) is 10.6 Å². The molecule has 2 atom stereocenters. The van der Waals surface area contributed by atoms with Gasteiger partial charge in [0.15, 0.2) is 0 Å². The highest BCUT2D eigenvalue weighted by molar-refractivity contribution is 6.31. The second-order valence-corrected chi connectivity index (χ2v) is 5.88. The van der Waals surface area contributed by atoms with Crippen LogP contribution in [0.25, 0.3) is 0 Å². The zero-order valence-electron chi connectivity index (χ0n) is 12.9. The van der Waals surface area contributed by atoms with Gasteiger partial charge in [0.1, 0.15) is 18.0 Å². The second kappa shape index (κ2) is 7.14. The molecule has 2 aromatic carbocycles. The molecule has 0 bridgehead atoms. The van der Waals surface area contributed by atoms with Crippen molar-refractivity contribution in [1.29, 1.82) is 0 Å². The monoisotopic (exact) mass is 349 g/mol. The van der Waals surface area contributed by atoms with Crippen molar-refractivity contribution in [3.8, 4) is 0 Å². The minimum absolute atomic E-state index is 0.243. The van der Waals surface area contributed by atoms with Crippen LogP contribution in [0.2, 0.25) is 5.02 Å². The molecule has 1 heterocycles. The Kier molecular flexibility index (Phi) is 4.96. The van der Waals surface area contributed by atoms with E-state index in [-0.39, 0.29) is 11.7 Å². The molecule has 0 aliphatic carbocycles. The number of hydrogen-bond acceptors (Lipinski definition) is 5. The van der Waals surface area contributed by atoms with E-state index in [2.05, 4.69) is 27.0 Å². The summed E-state index contributed by atoms with van der Waals surface area (Å²) in [5.41, 5.74) is 10.7. The highest BCUT2D eigenvalue weighted by atomic mass is 35.5. The molecule has 1 aliphatic rings. The highest BCUT2D eigenvalue weighted by Gasteiger charge is 2.32. The van der Waals surface area contributed by atoms with Crippen molar-refractivity contribution in [2.45, 2.75) is 19.1 Å². The van der Waals surface area contributed by atoms with Gasteiger partial charge in [0.2, 0.25) is 5.91 Å². The summed E-state index contributed by atoms with van der Waals surface area (Å²) in [5, 5.41) is 6.51. The maximum absolute atomic E-state index is 13.0. The Morgan fingerprint density at radius 3 is 2.54 bits per heavy atom. The molecular formula is C16H17ClFN5O. The molecule has 0 spiro atoms. The van der Waals surface area contributed by atoms with E-state index in [0.29, 0.717) is 16.4 Å². The highest BCUT2D eigenvalue weighted by Crippen LogP contribution is 2.20. The number of benzene rings is 2. The maximum atomic E-state index is 13.0. The summed E-state index contributed by atoms with van der Waals surface area (Å²) >= 11 is 6.07. The van der Waals surface area contributed by atoms with Gasteiger partial charge >= 0.3 is 0 Å². The quantitative estimate of drug-likeness (QED) is 0.584. The lowest BCUT2D eigenvalue weighted by Gasteiger charge is -2.20. The minimum atomic E-state index is -0.588. The van der Waals surface area contributed by atoms with E-state index in [9.17, 15) is 9.18 Å². The van der Waals surface area contributed by atoms with Crippen LogP contribution in [-0.2, 0) is 4.79 Å². The zero-order chi connectivity index (χ0) is 17.1. The minimum Gasteiger partial charge on any atom is -0.367 e. The van der Waals surface area contributed by atoms with E-state index < -0.39 is 12.2 Å². The van der Waals surface area contributed by atoms with Crippen molar-refractivity contribution in [3.05, 3.63) is 58.9 Å². The van der Waals surface area contributed by atoms with Crippen LogP contribution in [0.15, 0.2) is 42.5 Å². The van der Waals surface area contributed by atoms with Crippen LogP contribution in [0.4, 0.5) is 15.8 Å². The van der Waals surface area contributed by atoms with Gasteiger partial charge in [-0.15, -0.1) is 0 Å². The lowest BCUT2D eigenvalue weighted by Crippen LogP contribution is -2.47. The average Bonchev–Trinajstić information content (AvgIpc) is 3.01. The summed E-state index contributed by atoms with van der Waals surface area (Å²) < 4.78 is 13.0. The van der Waals surface area contributed by atoms with Crippen LogP contribution >= 0.6 is 11.6 Å². The summed E-state index contributed by atoms with van der Waals surface area (Å²) in [6.45, 7) is 1.89. The number of hydrogen-bond donors (Lipinski definition) is 5. The molecule has 0 radical (unpaired) electrons. The Morgan fingerprint density at radius 1 is 1.12 bits per heavy atom. The summed E-state index contributed by atoms with van der Waals surface area (Å²) in [6.07, 6.45) is -0.420. The van der Waals surface area contributed by atoms with Crippen molar-refractivity contribution >= 4 is 28.9 Å². The molecule has 2 unspecified atom stereocenters. The molecular weight excluding hydrogens is 333 g/mol. The summed E-state index contributed by atoms with van der Waals surface area (Å²) in [6, 6.07) is 10.6. The van der Waals surface area contributed by atoms with Crippen LogP contribution in [0.3, 0.4) is 0 Å². The molecule has 1 saturated heterocycles. The number of rotatable bonds is 4. The molecule has 0 saturated carbocycles. The number of anilines is 2. The normalized spacial score (nSPS) is 20.0. The first-order valence-corrected chi connectivity index (χ1v) is 7.76. The third kappa shape index (κ3) is 3.82. The molecule has 1 fully saturated rings. The van der Waals surface area contributed by atoms with E-state index >= 15 is 0 Å². The maximum Gasteiger partial charge on any atom is 0.246 e. The Bertz CT molecular complexity index is 740. The third-order valence-electron chi connectivity index (χ3n) is 3.68.